The first-order valence-corrected chi connectivity index (χ1v) is 10.4. The van der Waals surface area contributed by atoms with Gasteiger partial charge in [-0.05, 0) is 42.5 Å². The second kappa shape index (κ2) is 8.24. The Kier molecular flexibility index (Phi) is 6.01. The molecule has 1 amide bonds. The number of thioether (sulfide) groups is 1. The van der Waals surface area contributed by atoms with Crippen molar-refractivity contribution in [2.24, 2.45) is 0 Å². The number of hydrogen-bond acceptors (Lipinski definition) is 5. The number of fused-ring (bicyclic) bond motifs is 1. The molecule has 0 bridgehead atoms. The highest BCUT2D eigenvalue weighted by atomic mass is 35.5. The molecule has 3 aromatic rings. The zero-order chi connectivity index (χ0) is 18.7. The van der Waals surface area contributed by atoms with Crippen LogP contribution in [0.4, 0.5) is 5.69 Å². The number of hydrogen-bond donors (Lipinski definition) is 1. The van der Waals surface area contributed by atoms with Gasteiger partial charge in [-0.15, -0.1) is 11.3 Å². The van der Waals surface area contributed by atoms with E-state index in [2.05, 4.69) is 10.3 Å². The van der Waals surface area contributed by atoms with Crippen molar-refractivity contribution in [3.63, 3.8) is 0 Å². The molecule has 136 valence electrons. The quantitative estimate of drug-likeness (QED) is 0.480. The van der Waals surface area contributed by atoms with Crippen molar-refractivity contribution in [3.05, 3.63) is 50.6 Å². The van der Waals surface area contributed by atoms with Crippen molar-refractivity contribution in [1.29, 1.82) is 0 Å². The third kappa shape index (κ3) is 4.11. The van der Waals surface area contributed by atoms with Crippen LogP contribution in [0, 0.1) is 6.92 Å². The summed E-state index contributed by atoms with van der Waals surface area (Å²) in [6.07, 6.45) is 0.819. The molecule has 0 spiro atoms. The van der Waals surface area contributed by atoms with Gasteiger partial charge in [-0.3, -0.25) is 14.2 Å². The number of nitrogens with zero attached hydrogens (tertiary/aromatic N) is 2. The Morgan fingerprint density at radius 2 is 2.19 bits per heavy atom. The molecule has 0 radical (unpaired) electrons. The van der Waals surface area contributed by atoms with Crippen LogP contribution in [0.2, 0.25) is 5.02 Å². The molecule has 5 nitrogen and oxygen atoms in total. The first-order valence-electron chi connectivity index (χ1n) is 8.16. The van der Waals surface area contributed by atoms with Crippen LogP contribution in [-0.4, -0.2) is 21.2 Å². The summed E-state index contributed by atoms with van der Waals surface area (Å²) in [5.41, 5.74) is 2.27. The molecule has 1 N–H and O–H groups in total. The van der Waals surface area contributed by atoms with Gasteiger partial charge in [-0.25, -0.2) is 4.98 Å². The minimum absolute atomic E-state index is 0.0413. The number of anilines is 1. The van der Waals surface area contributed by atoms with Crippen molar-refractivity contribution < 1.29 is 4.79 Å². The van der Waals surface area contributed by atoms with Crippen molar-refractivity contribution in [1.82, 2.24) is 9.55 Å². The summed E-state index contributed by atoms with van der Waals surface area (Å²) in [6, 6.07) is 7.19. The molecular weight excluding hydrogens is 390 g/mol. The number of halogens is 1. The van der Waals surface area contributed by atoms with E-state index in [4.69, 9.17) is 11.6 Å². The van der Waals surface area contributed by atoms with Crippen LogP contribution in [0.3, 0.4) is 0 Å². The molecular formula is C18H18ClN3O2S2. The second-order valence-corrected chi connectivity index (χ2v) is 8.08. The molecule has 2 heterocycles. The van der Waals surface area contributed by atoms with Crippen molar-refractivity contribution in [2.75, 3.05) is 11.1 Å². The van der Waals surface area contributed by atoms with Crippen LogP contribution < -0.4 is 10.9 Å². The molecule has 0 saturated carbocycles. The largest absolute Gasteiger partial charge is 0.325 e. The van der Waals surface area contributed by atoms with Gasteiger partial charge in [0.2, 0.25) is 5.91 Å². The highest BCUT2D eigenvalue weighted by Crippen LogP contribution is 2.23. The lowest BCUT2D eigenvalue weighted by atomic mass is 10.2. The van der Waals surface area contributed by atoms with E-state index in [1.54, 1.807) is 16.7 Å². The zero-order valence-electron chi connectivity index (χ0n) is 14.4. The Bertz CT molecular complexity index is 1010. The first-order chi connectivity index (χ1) is 12.5. The molecule has 0 aliphatic heterocycles. The van der Waals surface area contributed by atoms with E-state index < -0.39 is 0 Å². The maximum atomic E-state index is 12.6. The molecule has 3 rings (SSSR count). The second-order valence-electron chi connectivity index (χ2n) is 5.78. The summed E-state index contributed by atoms with van der Waals surface area (Å²) in [5.74, 6) is 0.000621. The predicted molar refractivity (Wildman–Crippen MR) is 110 cm³/mol. The standard InChI is InChI=1S/C18H18ClN3O2S2/c1-3-7-22-17(24)16-13(6-8-25-16)21-18(22)26-10-15(23)20-14-9-12(19)5-4-11(14)2/h4-6,8-9H,3,7,10H2,1-2H3,(H,20,23). The van der Waals surface area contributed by atoms with E-state index in [1.165, 1.54) is 23.1 Å². The summed E-state index contributed by atoms with van der Waals surface area (Å²) in [6.45, 7) is 4.50. The Morgan fingerprint density at radius 3 is 2.96 bits per heavy atom. The van der Waals surface area contributed by atoms with Crippen molar-refractivity contribution in [2.45, 2.75) is 32.0 Å². The number of carbonyl (C=O) groups excluding carboxylic acids is 1. The first kappa shape index (κ1) is 18.9. The SMILES string of the molecule is CCCn1c(SCC(=O)Nc2cc(Cl)ccc2C)nc2ccsc2c1=O. The third-order valence-corrected chi connectivity index (χ3v) is 5.89. The third-order valence-electron chi connectivity index (χ3n) is 3.78. The van der Waals surface area contributed by atoms with Crippen molar-refractivity contribution in [3.8, 4) is 0 Å². The van der Waals surface area contributed by atoms with E-state index in [-0.39, 0.29) is 17.2 Å². The maximum absolute atomic E-state index is 12.6. The molecule has 0 aliphatic carbocycles. The van der Waals surface area contributed by atoms with E-state index in [9.17, 15) is 9.59 Å². The monoisotopic (exact) mass is 407 g/mol. The van der Waals surface area contributed by atoms with Gasteiger partial charge in [0, 0.05) is 17.3 Å². The van der Waals surface area contributed by atoms with Crippen LogP contribution >= 0.6 is 34.7 Å². The highest BCUT2D eigenvalue weighted by molar-refractivity contribution is 7.99. The number of aryl methyl sites for hydroxylation is 1. The van der Waals surface area contributed by atoms with Crippen LogP contribution in [0.25, 0.3) is 10.2 Å². The van der Waals surface area contributed by atoms with Crippen LogP contribution in [0.15, 0.2) is 39.6 Å². The summed E-state index contributed by atoms with van der Waals surface area (Å²) >= 11 is 8.65. The van der Waals surface area contributed by atoms with Crippen LogP contribution in [-0.2, 0) is 11.3 Å². The van der Waals surface area contributed by atoms with E-state index in [0.717, 1.165) is 12.0 Å². The molecule has 0 unspecified atom stereocenters. The van der Waals surface area contributed by atoms with Gasteiger partial charge in [0.05, 0.1) is 11.3 Å². The smallest absolute Gasteiger partial charge is 0.272 e. The van der Waals surface area contributed by atoms with E-state index in [1.807, 2.05) is 31.4 Å². The molecule has 1 aromatic carbocycles. The summed E-state index contributed by atoms with van der Waals surface area (Å²) in [5, 5.41) is 5.86. The van der Waals surface area contributed by atoms with Crippen LogP contribution in [0.1, 0.15) is 18.9 Å². The molecule has 0 atom stereocenters. The fraction of sp³-hybridized carbons (Fsp3) is 0.278. The fourth-order valence-corrected chi connectivity index (χ4v) is 4.28. The van der Waals surface area contributed by atoms with E-state index in [0.29, 0.717) is 32.6 Å². The number of benzene rings is 1. The number of rotatable bonds is 6. The van der Waals surface area contributed by atoms with Gasteiger partial charge in [-0.1, -0.05) is 36.4 Å². The fourth-order valence-electron chi connectivity index (χ4n) is 2.50. The number of amides is 1. The number of nitrogens with one attached hydrogen (secondary N) is 1. The van der Waals surface area contributed by atoms with Crippen LogP contribution in [0.5, 0.6) is 0 Å². The molecule has 0 fully saturated rings. The zero-order valence-corrected chi connectivity index (χ0v) is 16.8. The molecule has 2 aromatic heterocycles. The Morgan fingerprint density at radius 1 is 1.38 bits per heavy atom. The lowest BCUT2D eigenvalue weighted by molar-refractivity contribution is -0.113. The Balaban J connectivity index is 1.78. The van der Waals surface area contributed by atoms with Gasteiger partial charge >= 0.3 is 0 Å². The lowest BCUT2D eigenvalue weighted by Crippen LogP contribution is -2.23. The summed E-state index contributed by atoms with van der Waals surface area (Å²) in [7, 11) is 0. The average molecular weight is 408 g/mol. The summed E-state index contributed by atoms with van der Waals surface area (Å²) < 4.78 is 2.31. The predicted octanol–water partition coefficient (Wildman–Crippen LogP) is 4.56. The minimum atomic E-state index is -0.164. The Hall–Kier alpha value is -1.83. The van der Waals surface area contributed by atoms with Gasteiger partial charge < -0.3 is 5.32 Å². The van der Waals surface area contributed by atoms with Gasteiger partial charge in [0.1, 0.15) is 4.70 Å². The number of thiophene rings is 1. The average Bonchev–Trinajstić information content (AvgIpc) is 3.08. The lowest BCUT2D eigenvalue weighted by Gasteiger charge is -2.12. The van der Waals surface area contributed by atoms with Gasteiger partial charge in [0.25, 0.3) is 5.56 Å². The van der Waals surface area contributed by atoms with E-state index >= 15 is 0 Å². The topological polar surface area (TPSA) is 64.0 Å². The summed E-state index contributed by atoms with van der Waals surface area (Å²) in [4.78, 5) is 29.5. The molecule has 0 saturated heterocycles. The molecule has 0 aliphatic rings. The molecule has 8 heteroatoms. The minimum Gasteiger partial charge on any atom is -0.325 e. The highest BCUT2D eigenvalue weighted by Gasteiger charge is 2.14. The maximum Gasteiger partial charge on any atom is 0.272 e. The van der Waals surface area contributed by atoms with Gasteiger partial charge in [0.15, 0.2) is 5.16 Å². The molecule has 26 heavy (non-hydrogen) atoms. The normalized spacial score (nSPS) is 11.0. The van der Waals surface area contributed by atoms with Crippen molar-refractivity contribution >= 4 is 56.5 Å². The Labute approximate surface area is 164 Å². The van der Waals surface area contributed by atoms with Gasteiger partial charge in [-0.2, -0.15) is 0 Å². The number of carbonyl (C=O) groups is 1. The number of aromatic nitrogens is 2.